The summed E-state index contributed by atoms with van der Waals surface area (Å²) in [7, 11) is 0. The van der Waals surface area contributed by atoms with E-state index >= 15 is 0 Å². The molecular weight excluding hydrogens is 382 g/mol. The highest BCUT2D eigenvalue weighted by Crippen LogP contribution is 2.24. The van der Waals surface area contributed by atoms with Gasteiger partial charge >= 0.3 is 6.09 Å². The monoisotopic (exact) mass is 413 g/mol. The first-order valence-corrected chi connectivity index (χ1v) is 11.0. The van der Waals surface area contributed by atoms with Gasteiger partial charge < -0.3 is 15.0 Å². The van der Waals surface area contributed by atoms with E-state index in [1.54, 1.807) is 0 Å². The van der Waals surface area contributed by atoms with Crippen LogP contribution in [-0.4, -0.2) is 77.4 Å². The molecule has 0 unspecified atom stereocenters. The minimum atomic E-state index is -0.193. The number of nitrogens with one attached hydrogen (secondary N) is 2. The fourth-order valence-electron chi connectivity index (χ4n) is 4.68. The molecule has 2 amide bonds. The van der Waals surface area contributed by atoms with Crippen LogP contribution in [0, 0.1) is 5.92 Å². The summed E-state index contributed by atoms with van der Waals surface area (Å²) in [6, 6.07) is 8.19. The van der Waals surface area contributed by atoms with Gasteiger partial charge in [0.25, 0.3) is 5.91 Å². The number of ether oxygens (including phenoxy) is 1. The van der Waals surface area contributed by atoms with Crippen molar-refractivity contribution < 1.29 is 14.3 Å². The second-order valence-corrected chi connectivity index (χ2v) is 8.25. The molecule has 4 rings (SSSR count). The number of carbonyl (C=O) groups excluding carboxylic acids is 2. The first kappa shape index (κ1) is 20.7. The highest BCUT2D eigenvalue weighted by molar-refractivity contribution is 6.04. The lowest BCUT2D eigenvalue weighted by Crippen LogP contribution is -2.50. The maximum absolute atomic E-state index is 12.6. The van der Waals surface area contributed by atoms with E-state index in [2.05, 4.69) is 20.4 Å². The van der Waals surface area contributed by atoms with Crippen molar-refractivity contribution >= 4 is 22.9 Å². The molecule has 0 aliphatic carbocycles. The molecule has 1 aromatic carbocycles. The molecule has 162 valence electrons. The number of H-pyrrole nitrogens is 1. The Kier molecular flexibility index (Phi) is 6.52. The van der Waals surface area contributed by atoms with E-state index in [0.29, 0.717) is 30.8 Å². The second kappa shape index (κ2) is 9.47. The largest absolute Gasteiger partial charge is 0.450 e. The number of hydrogen-bond acceptors (Lipinski definition) is 5. The van der Waals surface area contributed by atoms with Crippen molar-refractivity contribution in [2.45, 2.75) is 38.6 Å². The van der Waals surface area contributed by atoms with Crippen LogP contribution < -0.4 is 5.32 Å². The maximum atomic E-state index is 12.6. The molecule has 0 radical (unpaired) electrons. The van der Waals surface area contributed by atoms with Gasteiger partial charge in [0.2, 0.25) is 0 Å². The van der Waals surface area contributed by atoms with Crippen LogP contribution in [0.2, 0.25) is 0 Å². The van der Waals surface area contributed by atoms with Crippen molar-refractivity contribution in [3.63, 3.8) is 0 Å². The summed E-state index contributed by atoms with van der Waals surface area (Å²) >= 11 is 0. The van der Waals surface area contributed by atoms with E-state index in [-0.39, 0.29) is 12.0 Å². The fraction of sp³-hybridized carbons (Fsp3) is 0.591. The predicted molar refractivity (Wildman–Crippen MR) is 114 cm³/mol. The molecule has 2 saturated heterocycles. The van der Waals surface area contributed by atoms with Gasteiger partial charge in [-0.05, 0) is 51.1 Å². The van der Waals surface area contributed by atoms with Crippen molar-refractivity contribution in [2.75, 3.05) is 39.3 Å². The SMILES string of the molecule is CCOC(=O)N1CCC(N2CCC[C@H](CNC(=O)c3n[nH]c4ccccc34)C2)CC1. The Morgan fingerprint density at radius 3 is 2.80 bits per heavy atom. The molecule has 0 spiro atoms. The molecule has 2 aliphatic rings. The van der Waals surface area contributed by atoms with Crippen molar-refractivity contribution in [1.82, 2.24) is 25.3 Å². The quantitative estimate of drug-likeness (QED) is 0.786. The van der Waals surface area contributed by atoms with Gasteiger partial charge in [0, 0.05) is 37.6 Å². The average molecular weight is 414 g/mol. The van der Waals surface area contributed by atoms with Crippen LogP contribution in [0.15, 0.2) is 24.3 Å². The van der Waals surface area contributed by atoms with Gasteiger partial charge in [0.1, 0.15) is 0 Å². The molecule has 2 N–H and O–H groups in total. The molecule has 0 bridgehead atoms. The third kappa shape index (κ3) is 4.59. The Hall–Kier alpha value is -2.61. The summed E-state index contributed by atoms with van der Waals surface area (Å²) in [6.07, 6.45) is 4.04. The Labute approximate surface area is 176 Å². The van der Waals surface area contributed by atoms with Crippen LogP contribution in [0.5, 0.6) is 0 Å². The number of hydrogen-bond donors (Lipinski definition) is 2. The summed E-state index contributed by atoms with van der Waals surface area (Å²) in [4.78, 5) is 28.9. The summed E-state index contributed by atoms with van der Waals surface area (Å²) in [5.41, 5.74) is 1.34. The highest BCUT2D eigenvalue weighted by Gasteiger charge is 2.30. The van der Waals surface area contributed by atoms with Crippen molar-refractivity contribution in [3.05, 3.63) is 30.0 Å². The number of aromatic amines is 1. The Morgan fingerprint density at radius 2 is 2.00 bits per heavy atom. The number of nitrogens with zero attached hydrogens (tertiary/aromatic N) is 3. The van der Waals surface area contributed by atoms with Gasteiger partial charge in [-0.25, -0.2) is 4.79 Å². The van der Waals surface area contributed by atoms with Crippen molar-refractivity contribution in [2.24, 2.45) is 5.92 Å². The second-order valence-electron chi connectivity index (χ2n) is 8.25. The van der Waals surface area contributed by atoms with Gasteiger partial charge in [-0.3, -0.25) is 14.8 Å². The molecule has 2 aliphatic heterocycles. The first-order chi connectivity index (χ1) is 14.7. The van der Waals surface area contributed by atoms with E-state index < -0.39 is 0 Å². The summed E-state index contributed by atoms with van der Waals surface area (Å²) in [5.74, 6) is 0.323. The minimum Gasteiger partial charge on any atom is -0.450 e. The standard InChI is InChI=1S/C22H31N5O3/c1-2-30-22(29)26-12-9-17(10-13-26)27-11-5-6-16(15-27)14-23-21(28)20-18-7-3-4-8-19(18)24-25-20/h3-4,7-8,16-17H,2,5-6,9-15H2,1H3,(H,23,28)(H,24,25)/t16-/m1/s1. The zero-order chi connectivity index (χ0) is 20.9. The van der Waals surface area contributed by atoms with Gasteiger partial charge in [0.05, 0.1) is 12.1 Å². The Bertz CT molecular complexity index is 875. The number of piperidine rings is 2. The normalized spacial score (nSPS) is 21.0. The van der Waals surface area contributed by atoms with Gasteiger partial charge in [-0.2, -0.15) is 5.10 Å². The molecule has 0 saturated carbocycles. The van der Waals surface area contributed by atoms with Crippen LogP contribution in [0.3, 0.4) is 0 Å². The van der Waals surface area contributed by atoms with Crippen molar-refractivity contribution in [1.29, 1.82) is 0 Å². The third-order valence-electron chi connectivity index (χ3n) is 6.29. The van der Waals surface area contributed by atoms with Crippen molar-refractivity contribution in [3.8, 4) is 0 Å². The number of rotatable bonds is 5. The summed E-state index contributed by atoms with van der Waals surface area (Å²) < 4.78 is 5.12. The zero-order valence-corrected chi connectivity index (χ0v) is 17.6. The summed E-state index contributed by atoms with van der Waals surface area (Å²) in [5, 5.41) is 11.1. The lowest BCUT2D eigenvalue weighted by atomic mass is 9.94. The average Bonchev–Trinajstić information content (AvgIpc) is 3.22. The van der Waals surface area contributed by atoms with E-state index in [9.17, 15) is 9.59 Å². The Balaban J connectivity index is 1.26. The van der Waals surface area contributed by atoms with E-state index in [4.69, 9.17) is 4.74 Å². The number of amides is 2. The topological polar surface area (TPSA) is 90.6 Å². The van der Waals surface area contributed by atoms with Crippen LogP contribution in [-0.2, 0) is 4.74 Å². The number of likely N-dealkylation sites (tertiary alicyclic amines) is 2. The smallest absolute Gasteiger partial charge is 0.409 e. The lowest BCUT2D eigenvalue weighted by molar-refractivity contribution is 0.0573. The highest BCUT2D eigenvalue weighted by atomic mass is 16.6. The van der Waals surface area contributed by atoms with E-state index in [0.717, 1.165) is 62.8 Å². The van der Waals surface area contributed by atoms with Crippen LogP contribution in [0.1, 0.15) is 43.1 Å². The number of para-hydroxylation sites is 1. The number of aromatic nitrogens is 2. The van der Waals surface area contributed by atoms with Gasteiger partial charge in [-0.15, -0.1) is 0 Å². The predicted octanol–water partition coefficient (Wildman–Crippen LogP) is 2.63. The molecule has 1 aromatic heterocycles. The molecular formula is C22H31N5O3. The fourth-order valence-corrected chi connectivity index (χ4v) is 4.68. The van der Waals surface area contributed by atoms with Crippen LogP contribution in [0.4, 0.5) is 4.79 Å². The maximum Gasteiger partial charge on any atom is 0.409 e. The Morgan fingerprint density at radius 1 is 1.20 bits per heavy atom. The number of benzene rings is 1. The van der Waals surface area contributed by atoms with Gasteiger partial charge in [0.15, 0.2) is 5.69 Å². The number of fused-ring (bicyclic) bond motifs is 1. The lowest BCUT2D eigenvalue weighted by Gasteiger charge is -2.42. The third-order valence-corrected chi connectivity index (χ3v) is 6.29. The van der Waals surface area contributed by atoms with E-state index in [1.807, 2.05) is 36.1 Å². The minimum absolute atomic E-state index is 0.118. The van der Waals surface area contributed by atoms with E-state index in [1.165, 1.54) is 0 Å². The molecule has 8 nitrogen and oxygen atoms in total. The van der Waals surface area contributed by atoms with Gasteiger partial charge in [-0.1, -0.05) is 18.2 Å². The molecule has 2 fully saturated rings. The molecule has 8 heteroatoms. The van der Waals surface area contributed by atoms with Crippen LogP contribution >= 0.6 is 0 Å². The summed E-state index contributed by atoms with van der Waals surface area (Å²) in [6.45, 7) is 6.53. The zero-order valence-electron chi connectivity index (χ0n) is 17.6. The van der Waals surface area contributed by atoms with Crippen LogP contribution in [0.25, 0.3) is 10.9 Å². The molecule has 2 aromatic rings. The first-order valence-electron chi connectivity index (χ1n) is 11.0. The molecule has 30 heavy (non-hydrogen) atoms. The molecule has 3 heterocycles. The number of carbonyl (C=O) groups is 2. The molecule has 1 atom stereocenters.